The molecular weight excluding hydrogens is 575 g/mol. The number of rotatable bonds is 8. The lowest BCUT2D eigenvalue weighted by molar-refractivity contribution is 0.101. The highest BCUT2D eigenvalue weighted by Crippen LogP contribution is 2.40. The zero-order valence-corrected chi connectivity index (χ0v) is 23.7. The van der Waals surface area contributed by atoms with Gasteiger partial charge in [-0.1, -0.05) is 46.6 Å². The van der Waals surface area contributed by atoms with Crippen molar-refractivity contribution in [2.45, 2.75) is 31.2 Å². The lowest BCUT2D eigenvalue weighted by Crippen LogP contribution is -2.37. The Morgan fingerprint density at radius 2 is 1.93 bits per heavy atom. The summed E-state index contributed by atoms with van der Waals surface area (Å²) in [6.45, 7) is 1.41. The molecular formula is C30H21BCl2FN7O. The number of pyridine rings is 1. The summed E-state index contributed by atoms with van der Waals surface area (Å²) in [6, 6.07) is 16.6. The average Bonchev–Trinajstić information content (AvgIpc) is 3.69. The van der Waals surface area contributed by atoms with Crippen LogP contribution in [0.4, 0.5) is 21.5 Å². The number of halogens is 3. The Kier molecular flexibility index (Phi) is 7.09. The van der Waals surface area contributed by atoms with E-state index in [1.807, 2.05) is 0 Å². The van der Waals surface area contributed by atoms with Crippen molar-refractivity contribution in [3.05, 3.63) is 105 Å². The molecule has 1 fully saturated rings. The number of ketones is 1. The standard InChI is InChI=1S/C30H21BCl2FN7O/c1-16(42)27-23(32)3-2-4-25(27)37-28-17(13-35)14-36-29-22(28)11-20(12-24(29)33)38-30(31,18-5-7-19(34)8-6-18)26-15-41(40-39-26)21-9-10-21/h2-8,11-12,14-15,21,38H,9-10H2,1H3,(H,36,37). The van der Waals surface area contributed by atoms with Crippen LogP contribution in [0.25, 0.3) is 10.9 Å². The number of carbonyl (C=O) groups excluding carboxylic acids is 1. The summed E-state index contributed by atoms with van der Waals surface area (Å²) in [7, 11) is 7.01. The van der Waals surface area contributed by atoms with E-state index < -0.39 is 11.3 Å². The Bertz CT molecular complexity index is 1900. The quantitative estimate of drug-likeness (QED) is 0.148. The van der Waals surface area contributed by atoms with E-state index in [0.717, 1.165) is 12.8 Å². The first-order chi connectivity index (χ1) is 20.2. The van der Waals surface area contributed by atoms with Crippen LogP contribution in [0.1, 0.15) is 53.0 Å². The van der Waals surface area contributed by atoms with Crippen LogP contribution in [-0.2, 0) is 5.44 Å². The maximum absolute atomic E-state index is 13.9. The Morgan fingerprint density at radius 1 is 1.17 bits per heavy atom. The Labute approximate surface area is 251 Å². The predicted octanol–water partition coefficient (Wildman–Crippen LogP) is 6.91. The first kappa shape index (κ1) is 27.7. The molecule has 2 heterocycles. The number of aromatic nitrogens is 4. The van der Waals surface area contributed by atoms with Gasteiger partial charge in [-0.3, -0.25) is 9.78 Å². The number of Topliss-reactive ketones (excluding diaryl/α,β-unsaturated/α-hetero) is 1. The SMILES string of the molecule is [B]C(Nc1cc(Cl)c2ncc(C#N)c(Nc3cccc(Cl)c3C(C)=O)c2c1)(c1ccc(F)cc1)c1cn(C2CC2)nn1. The smallest absolute Gasteiger partial charge is 0.163 e. The normalized spacial score (nSPS) is 14.3. The molecule has 2 aromatic heterocycles. The van der Waals surface area contributed by atoms with Crippen LogP contribution in [0.5, 0.6) is 0 Å². The fraction of sp³-hybridized carbons (Fsp3) is 0.167. The van der Waals surface area contributed by atoms with Crippen molar-refractivity contribution in [2.75, 3.05) is 10.6 Å². The predicted molar refractivity (Wildman–Crippen MR) is 161 cm³/mol. The molecule has 3 aromatic carbocycles. The summed E-state index contributed by atoms with van der Waals surface area (Å²) in [6.07, 6.45) is 5.20. The monoisotopic (exact) mass is 595 g/mol. The number of hydrogen-bond donors (Lipinski definition) is 2. The first-order valence-electron chi connectivity index (χ1n) is 13.0. The van der Waals surface area contributed by atoms with Gasteiger partial charge in [0.25, 0.3) is 0 Å². The summed E-state index contributed by atoms with van der Waals surface area (Å²) in [5.41, 5.74) is 1.71. The van der Waals surface area contributed by atoms with E-state index in [0.29, 0.717) is 39.2 Å². The molecule has 0 saturated heterocycles. The van der Waals surface area contributed by atoms with Crippen LogP contribution in [-0.4, -0.2) is 33.6 Å². The van der Waals surface area contributed by atoms with Crippen LogP contribution in [0.15, 0.2) is 67.0 Å². The molecule has 42 heavy (non-hydrogen) atoms. The summed E-state index contributed by atoms with van der Waals surface area (Å²) < 4.78 is 15.6. The minimum absolute atomic E-state index is 0.218. The highest BCUT2D eigenvalue weighted by Gasteiger charge is 2.34. The number of fused-ring (bicyclic) bond motifs is 1. The van der Waals surface area contributed by atoms with Gasteiger partial charge in [0.15, 0.2) is 5.78 Å². The second-order valence-electron chi connectivity index (χ2n) is 10.1. The van der Waals surface area contributed by atoms with Gasteiger partial charge in [0.05, 0.1) is 55.7 Å². The Balaban J connectivity index is 1.49. The molecule has 8 nitrogen and oxygen atoms in total. The zero-order valence-electron chi connectivity index (χ0n) is 22.2. The molecule has 1 atom stereocenters. The molecule has 0 spiro atoms. The number of benzene rings is 3. The third-order valence-corrected chi connectivity index (χ3v) is 7.75. The van der Waals surface area contributed by atoms with Crippen molar-refractivity contribution in [3.8, 4) is 6.07 Å². The van der Waals surface area contributed by atoms with Crippen LogP contribution in [0.2, 0.25) is 10.0 Å². The van der Waals surface area contributed by atoms with E-state index in [2.05, 4.69) is 32.0 Å². The molecule has 0 amide bonds. The minimum Gasteiger partial charge on any atom is -0.378 e. The van der Waals surface area contributed by atoms with E-state index in [9.17, 15) is 14.4 Å². The fourth-order valence-corrected chi connectivity index (χ4v) is 5.45. The average molecular weight is 596 g/mol. The van der Waals surface area contributed by atoms with E-state index in [-0.39, 0.29) is 33.0 Å². The van der Waals surface area contributed by atoms with Crippen LogP contribution in [0, 0.1) is 17.1 Å². The van der Waals surface area contributed by atoms with Crippen molar-refractivity contribution in [1.29, 1.82) is 5.26 Å². The summed E-state index contributed by atoms with van der Waals surface area (Å²) >= 11 is 13.1. The molecule has 1 aliphatic rings. The summed E-state index contributed by atoms with van der Waals surface area (Å²) in [5.74, 6) is -0.653. The van der Waals surface area contributed by atoms with E-state index in [1.165, 1.54) is 25.3 Å². The molecule has 1 saturated carbocycles. The van der Waals surface area contributed by atoms with E-state index in [1.54, 1.807) is 53.3 Å². The molecule has 0 aliphatic heterocycles. The van der Waals surface area contributed by atoms with Gasteiger partial charge in [0.1, 0.15) is 25.4 Å². The molecule has 0 bridgehead atoms. The molecule has 2 radical (unpaired) electrons. The maximum atomic E-state index is 13.9. The zero-order chi connectivity index (χ0) is 29.6. The van der Waals surface area contributed by atoms with Gasteiger partial charge in [-0.2, -0.15) is 5.26 Å². The van der Waals surface area contributed by atoms with E-state index in [4.69, 9.17) is 31.0 Å². The first-order valence-corrected chi connectivity index (χ1v) is 13.8. The van der Waals surface area contributed by atoms with Crippen molar-refractivity contribution in [3.63, 3.8) is 0 Å². The molecule has 5 aromatic rings. The number of nitriles is 1. The topological polar surface area (TPSA) is 109 Å². The van der Waals surface area contributed by atoms with Crippen LogP contribution in [0.3, 0.4) is 0 Å². The van der Waals surface area contributed by atoms with Crippen molar-refractivity contribution >= 4 is 64.8 Å². The number of nitrogens with one attached hydrogen (secondary N) is 2. The lowest BCUT2D eigenvalue weighted by Gasteiger charge is -2.32. The Hall–Kier alpha value is -4.46. The van der Waals surface area contributed by atoms with E-state index >= 15 is 0 Å². The third-order valence-electron chi connectivity index (χ3n) is 7.15. The number of carbonyl (C=O) groups is 1. The summed E-state index contributed by atoms with van der Waals surface area (Å²) in [5, 5.41) is 26.1. The molecule has 2 N–H and O–H groups in total. The molecule has 6 rings (SSSR count). The minimum atomic E-state index is -1.43. The van der Waals surface area contributed by atoms with Crippen LogP contribution >= 0.6 is 23.2 Å². The highest BCUT2D eigenvalue weighted by molar-refractivity contribution is 6.36. The van der Waals surface area contributed by atoms with Crippen molar-refractivity contribution in [1.82, 2.24) is 20.0 Å². The molecule has 12 heteroatoms. The van der Waals surface area contributed by atoms with Gasteiger partial charge in [0, 0.05) is 17.3 Å². The fourth-order valence-electron chi connectivity index (χ4n) is 4.87. The highest BCUT2D eigenvalue weighted by atomic mass is 35.5. The van der Waals surface area contributed by atoms with Gasteiger partial charge in [0.2, 0.25) is 0 Å². The number of anilines is 3. The summed E-state index contributed by atoms with van der Waals surface area (Å²) in [4.78, 5) is 16.8. The third kappa shape index (κ3) is 5.06. The van der Waals surface area contributed by atoms with Crippen molar-refractivity contribution < 1.29 is 9.18 Å². The number of nitrogens with zero attached hydrogens (tertiary/aromatic N) is 5. The van der Waals surface area contributed by atoms with Crippen LogP contribution < -0.4 is 10.6 Å². The van der Waals surface area contributed by atoms with Gasteiger partial charge in [-0.25, -0.2) is 9.07 Å². The van der Waals surface area contributed by atoms with Gasteiger partial charge in [-0.05, 0) is 61.7 Å². The van der Waals surface area contributed by atoms with Gasteiger partial charge >= 0.3 is 0 Å². The largest absolute Gasteiger partial charge is 0.378 e. The lowest BCUT2D eigenvalue weighted by atomic mass is 9.69. The Morgan fingerprint density at radius 3 is 2.62 bits per heavy atom. The molecule has 1 unspecified atom stereocenters. The maximum Gasteiger partial charge on any atom is 0.163 e. The second-order valence-corrected chi connectivity index (χ2v) is 10.9. The second kappa shape index (κ2) is 10.7. The number of hydrogen-bond acceptors (Lipinski definition) is 7. The van der Waals surface area contributed by atoms with Gasteiger partial charge in [-0.15, -0.1) is 5.10 Å². The molecule has 1 aliphatic carbocycles. The van der Waals surface area contributed by atoms with Gasteiger partial charge < -0.3 is 10.6 Å². The molecule has 206 valence electrons. The van der Waals surface area contributed by atoms with Crippen molar-refractivity contribution in [2.24, 2.45) is 0 Å².